The van der Waals surface area contributed by atoms with Gasteiger partial charge in [0.1, 0.15) is 6.10 Å². The number of phosphoric acid groups is 4. The smallest absolute Gasteiger partial charge is 0.383 e. The third kappa shape index (κ3) is 22.2. The normalized spacial score (nSPS) is 14.6. The van der Waals surface area contributed by atoms with Gasteiger partial charge in [0, 0.05) is 0 Å². The van der Waals surface area contributed by atoms with Crippen LogP contribution in [0.1, 0.15) is 0 Å². The number of hydrogen-bond acceptors (Lipinski definition) is 9. The van der Waals surface area contributed by atoms with Gasteiger partial charge in [0.2, 0.25) is 0 Å². The zero-order valence-corrected chi connectivity index (χ0v) is 14.1. The van der Waals surface area contributed by atoms with Crippen LogP contribution in [0.3, 0.4) is 0 Å². The molecule has 0 aliphatic heterocycles. The van der Waals surface area contributed by atoms with Crippen molar-refractivity contribution in [2.75, 3.05) is 6.61 Å². The maximum Gasteiger partial charge on any atom is 0.490 e. The Hall–Kier alpha value is 0.150. The molecule has 0 aliphatic rings. The lowest BCUT2D eigenvalue weighted by Crippen LogP contribution is -2.15. The molecule has 1 atom stereocenters. The predicted octanol–water partition coefficient (Wildman–Crippen LogP) is -2.04. The van der Waals surface area contributed by atoms with Gasteiger partial charge in [-0.3, -0.25) is 4.52 Å². The molecule has 1 unspecified atom stereocenters. The van der Waals surface area contributed by atoms with E-state index in [9.17, 15) is 23.1 Å². The molecule has 20 heteroatoms. The summed E-state index contributed by atoms with van der Waals surface area (Å²) in [5.74, 6) is 0. The molecule has 0 amide bonds. The maximum atomic E-state index is 10.4. The molecular weight excluding hydrogens is 416 g/mol. The van der Waals surface area contributed by atoms with Gasteiger partial charge in [-0.2, -0.15) is 8.62 Å². The first-order valence-corrected chi connectivity index (χ1v) is 10.7. The quantitative estimate of drug-likeness (QED) is 0.153. The van der Waals surface area contributed by atoms with Crippen molar-refractivity contribution in [1.29, 1.82) is 0 Å². The minimum Gasteiger partial charge on any atom is -0.383 e. The van der Waals surface area contributed by atoms with Crippen LogP contribution in [0.4, 0.5) is 0 Å². The molecule has 0 rings (SSSR count). The van der Waals surface area contributed by atoms with Gasteiger partial charge in [-0.15, -0.1) is 0 Å². The summed E-state index contributed by atoms with van der Waals surface area (Å²) < 4.78 is 50.0. The number of rotatable bonds is 8. The summed E-state index contributed by atoms with van der Waals surface area (Å²) in [5, 5.41) is 8.38. The molecule has 0 aromatic carbocycles. The molecular formula is C3H12O16P4. The Kier molecular flexibility index (Phi) is 10.6. The van der Waals surface area contributed by atoms with Crippen LogP contribution in [-0.2, 0) is 36.2 Å². The molecule has 0 bridgehead atoms. The standard InChI is InChI=1S/C3H7O6P.H5O10P3/c4-1-3(5)2-9-10(6,7)8;1-11(2,3)9-13(7,8)10-12(4,5)6/h1,3,5H,2H2,(H2,6,7,8);(H,7,8)(H2,1,2,3)(H2,4,5,6). The van der Waals surface area contributed by atoms with Gasteiger partial charge < -0.3 is 44.2 Å². The molecule has 0 aromatic heterocycles. The summed E-state index contributed by atoms with van der Waals surface area (Å²) in [4.78, 5) is 65.9. The van der Waals surface area contributed by atoms with Crippen molar-refractivity contribution in [3.05, 3.63) is 0 Å². The van der Waals surface area contributed by atoms with Gasteiger partial charge in [0.15, 0.2) is 6.29 Å². The van der Waals surface area contributed by atoms with Crippen LogP contribution in [0, 0.1) is 0 Å². The number of carbonyl (C=O) groups excluding carboxylic acids is 1. The van der Waals surface area contributed by atoms with E-state index in [1.807, 2.05) is 0 Å². The van der Waals surface area contributed by atoms with Crippen LogP contribution in [0.15, 0.2) is 0 Å². The lowest BCUT2D eigenvalue weighted by Gasteiger charge is -2.11. The van der Waals surface area contributed by atoms with Gasteiger partial charge in [-0.05, 0) is 0 Å². The van der Waals surface area contributed by atoms with E-state index in [4.69, 9.17) is 39.4 Å². The topological polar surface area (TPSA) is 275 Å². The maximum absolute atomic E-state index is 10.4. The van der Waals surface area contributed by atoms with Crippen molar-refractivity contribution >= 4 is 37.6 Å². The summed E-state index contributed by atoms with van der Waals surface area (Å²) >= 11 is 0. The molecule has 140 valence electrons. The summed E-state index contributed by atoms with van der Waals surface area (Å²) in [6.45, 7) is -0.687. The number of hydrogen-bond donors (Lipinski definition) is 8. The summed E-state index contributed by atoms with van der Waals surface area (Å²) in [6, 6.07) is 0. The second-order valence-corrected chi connectivity index (χ2v) is 8.55. The van der Waals surface area contributed by atoms with Crippen molar-refractivity contribution in [1.82, 2.24) is 0 Å². The zero-order valence-electron chi connectivity index (χ0n) is 10.5. The highest BCUT2D eigenvalue weighted by Gasteiger charge is 2.38. The fourth-order valence-corrected chi connectivity index (χ4v) is 3.38. The van der Waals surface area contributed by atoms with E-state index in [0.29, 0.717) is 0 Å². The molecule has 0 saturated heterocycles. The minimum atomic E-state index is -5.46. The largest absolute Gasteiger partial charge is 0.490 e. The highest BCUT2D eigenvalue weighted by atomic mass is 31.3. The minimum absolute atomic E-state index is 0.121. The molecule has 16 nitrogen and oxygen atoms in total. The Bertz CT molecular complexity index is 520. The third-order valence-corrected chi connectivity index (χ3v) is 4.83. The molecule has 0 saturated carbocycles. The van der Waals surface area contributed by atoms with Crippen molar-refractivity contribution < 1.29 is 75.6 Å². The average Bonchev–Trinajstić information content (AvgIpc) is 2.18. The van der Waals surface area contributed by atoms with Gasteiger partial charge in [0.25, 0.3) is 0 Å². The Balaban J connectivity index is 0. The molecule has 0 aromatic rings. The van der Waals surface area contributed by atoms with Gasteiger partial charge in [0.05, 0.1) is 6.61 Å². The highest BCUT2D eigenvalue weighted by Crippen LogP contribution is 2.64. The van der Waals surface area contributed by atoms with E-state index in [0.717, 1.165) is 0 Å². The van der Waals surface area contributed by atoms with E-state index in [-0.39, 0.29) is 6.29 Å². The van der Waals surface area contributed by atoms with Crippen molar-refractivity contribution in [2.45, 2.75) is 6.10 Å². The number of aldehydes is 1. The molecule has 8 N–H and O–H groups in total. The fourth-order valence-electron chi connectivity index (χ4n) is 0.496. The lowest BCUT2D eigenvalue weighted by molar-refractivity contribution is -0.116. The van der Waals surface area contributed by atoms with Crippen molar-refractivity contribution in [3.8, 4) is 0 Å². The van der Waals surface area contributed by atoms with Crippen molar-refractivity contribution in [2.24, 2.45) is 0 Å². The Labute approximate surface area is 127 Å². The molecule has 0 radical (unpaired) electrons. The van der Waals surface area contributed by atoms with Crippen LogP contribution in [-0.4, -0.2) is 58.4 Å². The second-order valence-electron chi connectivity index (χ2n) is 3.10. The number of phosphoric ester groups is 1. The zero-order chi connectivity index (χ0) is 19.1. The van der Waals surface area contributed by atoms with E-state index in [1.165, 1.54) is 0 Å². The molecule has 0 aliphatic carbocycles. The van der Waals surface area contributed by atoms with E-state index in [2.05, 4.69) is 13.1 Å². The SMILES string of the molecule is O=CC(O)COP(=O)(O)O.O=P(O)(O)OP(=O)(O)OP(=O)(O)O. The Morgan fingerprint density at radius 2 is 1.13 bits per heavy atom. The first-order valence-electron chi connectivity index (χ1n) is 4.57. The molecule has 0 spiro atoms. The monoisotopic (exact) mass is 428 g/mol. The number of aliphatic hydroxyl groups excluding tert-OH is 1. The van der Waals surface area contributed by atoms with Crippen molar-refractivity contribution in [3.63, 3.8) is 0 Å². The highest BCUT2D eigenvalue weighted by molar-refractivity contribution is 7.66. The third-order valence-electron chi connectivity index (χ3n) is 0.990. The summed E-state index contributed by atoms with van der Waals surface area (Å²) in [5.41, 5.74) is 0. The fraction of sp³-hybridized carbons (Fsp3) is 0.667. The van der Waals surface area contributed by atoms with Crippen LogP contribution < -0.4 is 0 Å². The summed E-state index contributed by atoms with van der Waals surface area (Å²) in [7, 11) is -20.7. The van der Waals surface area contributed by atoms with Gasteiger partial charge in [-0.1, -0.05) is 0 Å². The predicted molar refractivity (Wildman–Crippen MR) is 66.2 cm³/mol. The van der Waals surface area contributed by atoms with Gasteiger partial charge >= 0.3 is 31.3 Å². The van der Waals surface area contributed by atoms with E-state index in [1.54, 1.807) is 0 Å². The lowest BCUT2D eigenvalue weighted by atomic mass is 10.4. The average molecular weight is 428 g/mol. The summed E-state index contributed by atoms with van der Waals surface area (Å²) in [6.07, 6.45) is -1.36. The molecule has 0 fully saturated rings. The van der Waals surface area contributed by atoms with Gasteiger partial charge in [-0.25, -0.2) is 18.3 Å². The first kappa shape index (κ1) is 25.4. The Morgan fingerprint density at radius 3 is 1.35 bits per heavy atom. The van der Waals surface area contributed by atoms with Crippen LogP contribution in [0.25, 0.3) is 0 Å². The first-order chi connectivity index (χ1) is 9.87. The number of carbonyl (C=O) groups is 1. The molecule has 0 heterocycles. The van der Waals surface area contributed by atoms with Crippen LogP contribution >= 0.6 is 31.3 Å². The Morgan fingerprint density at radius 1 is 0.783 bits per heavy atom. The van der Waals surface area contributed by atoms with E-state index < -0.39 is 44.0 Å². The van der Waals surface area contributed by atoms with Crippen LogP contribution in [0.2, 0.25) is 0 Å². The number of aliphatic hydroxyl groups is 1. The van der Waals surface area contributed by atoms with Crippen LogP contribution in [0.5, 0.6) is 0 Å². The van der Waals surface area contributed by atoms with E-state index >= 15 is 0 Å². The molecule has 23 heavy (non-hydrogen) atoms. The second kappa shape index (κ2) is 9.59.